The van der Waals surface area contributed by atoms with Crippen molar-refractivity contribution in [3.63, 3.8) is 0 Å². The second-order valence-corrected chi connectivity index (χ2v) is 3.35. The van der Waals surface area contributed by atoms with E-state index >= 15 is 0 Å². The molecule has 1 aromatic carbocycles. The molecular formula is C12H14. The van der Waals surface area contributed by atoms with Crippen molar-refractivity contribution in [2.24, 2.45) is 0 Å². The lowest BCUT2D eigenvalue weighted by Crippen LogP contribution is -1.91. The first kappa shape index (κ1) is 7.60. The van der Waals surface area contributed by atoms with Gasteiger partial charge in [-0.3, -0.25) is 0 Å². The van der Waals surface area contributed by atoms with E-state index < -0.39 is 0 Å². The van der Waals surface area contributed by atoms with Crippen LogP contribution < -0.4 is 0 Å². The van der Waals surface area contributed by atoms with Crippen LogP contribution in [0.25, 0.3) is 6.08 Å². The summed E-state index contributed by atoms with van der Waals surface area (Å²) in [6, 6.07) is 8.70. The zero-order chi connectivity index (χ0) is 8.23. The fourth-order valence-electron chi connectivity index (χ4n) is 1.71. The lowest BCUT2D eigenvalue weighted by molar-refractivity contribution is 0.743. The van der Waals surface area contributed by atoms with Gasteiger partial charge >= 0.3 is 0 Å². The Morgan fingerprint density at radius 2 is 1.92 bits per heavy atom. The van der Waals surface area contributed by atoms with Crippen LogP contribution in [0.2, 0.25) is 0 Å². The van der Waals surface area contributed by atoms with Crippen molar-refractivity contribution < 1.29 is 0 Å². The summed E-state index contributed by atoms with van der Waals surface area (Å²) in [5, 5.41) is 0. The molecule has 1 aliphatic rings. The van der Waals surface area contributed by atoms with Crippen LogP contribution in [-0.2, 0) is 6.42 Å². The zero-order valence-corrected chi connectivity index (χ0v) is 7.29. The molecular weight excluding hydrogens is 144 g/mol. The summed E-state index contributed by atoms with van der Waals surface area (Å²) >= 11 is 0. The highest BCUT2D eigenvalue weighted by Gasteiger charge is 2.00. The van der Waals surface area contributed by atoms with Gasteiger partial charge in [-0.2, -0.15) is 0 Å². The first-order chi connectivity index (χ1) is 5.97. The third-order valence-corrected chi connectivity index (χ3v) is 2.42. The van der Waals surface area contributed by atoms with E-state index in [1.807, 2.05) is 0 Å². The van der Waals surface area contributed by atoms with Crippen molar-refractivity contribution in [3.05, 3.63) is 41.5 Å². The highest BCUT2D eigenvalue weighted by molar-refractivity contribution is 5.53. The molecule has 62 valence electrons. The minimum Gasteiger partial charge on any atom is -0.0839 e. The third-order valence-electron chi connectivity index (χ3n) is 2.42. The van der Waals surface area contributed by atoms with Crippen LogP contribution in [0, 0.1) is 0 Å². The van der Waals surface area contributed by atoms with E-state index in [9.17, 15) is 0 Å². The molecule has 0 unspecified atom stereocenters. The van der Waals surface area contributed by atoms with Crippen molar-refractivity contribution in [3.8, 4) is 0 Å². The lowest BCUT2D eigenvalue weighted by atomic mass is 9.98. The quantitative estimate of drug-likeness (QED) is 0.542. The summed E-state index contributed by atoms with van der Waals surface area (Å²) in [6.07, 6.45) is 9.72. The second kappa shape index (κ2) is 3.57. The first-order valence-electron chi connectivity index (χ1n) is 4.71. The van der Waals surface area contributed by atoms with E-state index in [1.54, 1.807) is 0 Å². The molecule has 0 aromatic heterocycles. The second-order valence-electron chi connectivity index (χ2n) is 3.35. The molecule has 0 aliphatic heterocycles. The van der Waals surface area contributed by atoms with E-state index in [1.165, 1.54) is 36.8 Å². The lowest BCUT2D eigenvalue weighted by Gasteiger charge is -2.07. The van der Waals surface area contributed by atoms with Crippen molar-refractivity contribution in [1.29, 1.82) is 0 Å². The topological polar surface area (TPSA) is 0 Å². The van der Waals surface area contributed by atoms with Crippen molar-refractivity contribution in [2.75, 3.05) is 0 Å². The van der Waals surface area contributed by atoms with E-state index in [-0.39, 0.29) is 0 Å². The highest BCUT2D eigenvalue weighted by atomic mass is 14.1. The van der Waals surface area contributed by atoms with Gasteiger partial charge in [0.25, 0.3) is 0 Å². The maximum atomic E-state index is 2.29. The summed E-state index contributed by atoms with van der Waals surface area (Å²) in [7, 11) is 0. The van der Waals surface area contributed by atoms with Gasteiger partial charge in [-0.05, 0) is 36.8 Å². The summed E-state index contributed by atoms with van der Waals surface area (Å²) in [4.78, 5) is 0. The minimum absolute atomic E-state index is 1.24. The van der Waals surface area contributed by atoms with Crippen LogP contribution >= 0.6 is 0 Å². The van der Waals surface area contributed by atoms with Crippen LogP contribution in [0.4, 0.5) is 0 Å². The number of aryl methyl sites for hydroxylation is 1. The largest absolute Gasteiger partial charge is 0.0839 e. The Labute approximate surface area is 73.9 Å². The summed E-state index contributed by atoms with van der Waals surface area (Å²) in [5.41, 5.74) is 2.92. The average molecular weight is 158 g/mol. The van der Waals surface area contributed by atoms with Crippen molar-refractivity contribution in [1.82, 2.24) is 0 Å². The number of rotatable bonds is 0. The van der Waals surface area contributed by atoms with Gasteiger partial charge in [0.05, 0.1) is 0 Å². The van der Waals surface area contributed by atoms with E-state index in [0.717, 1.165) is 0 Å². The Morgan fingerprint density at radius 1 is 1.00 bits per heavy atom. The standard InChI is InChI=1S/C12H14/c1-2-4-8-12-10-6-5-9-11(12)7-3-1/h3,5-7,9-10H,1-2,4,8H2. The first-order valence-corrected chi connectivity index (χ1v) is 4.71. The molecule has 0 radical (unpaired) electrons. The maximum absolute atomic E-state index is 2.29. The number of hydrogen-bond acceptors (Lipinski definition) is 0. The SMILES string of the molecule is C1=Cc2ccccc2CCCC1. The molecule has 0 fully saturated rings. The Morgan fingerprint density at radius 3 is 2.92 bits per heavy atom. The summed E-state index contributed by atoms with van der Waals surface area (Å²) in [6.45, 7) is 0. The van der Waals surface area contributed by atoms with Gasteiger partial charge in [0.1, 0.15) is 0 Å². The van der Waals surface area contributed by atoms with Crippen LogP contribution in [-0.4, -0.2) is 0 Å². The van der Waals surface area contributed by atoms with Crippen molar-refractivity contribution >= 4 is 6.08 Å². The monoisotopic (exact) mass is 158 g/mol. The molecule has 1 aromatic rings. The molecule has 0 heterocycles. The molecule has 0 heteroatoms. The molecule has 0 spiro atoms. The van der Waals surface area contributed by atoms with Crippen LogP contribution in [0.5, 0.6) is 0 Å². The van der Waals surface area contributed by atoms with Crippen molar-refractivity contribution in [2.45, 2.75) is 25.7 Å². The molecule has 0 atom stereocenters. The minimum atomic E-state index is 1.24. The predicted octanol–water partition coefficient (Wildman–Crippen LogP) is 3.43. The molecule has 0 nitrogen and oxygen atoms in total. The Bertz CT molecular complexity index is 284. The van der Waals surface area contributed by atoms with Gasteiger partial charge in [0, 0.05) is 0 Å². The smallest absolute Gasteiger partial charge is 0.0228 e. The molecule has 2 rings (SSSR count). The molecule has 0 saturated heterocycles. The third kappa shape index (κ3) is 1.58. The predicted molar refractivity (Wildman–Crippen MR) is 53.0 cm³/mol. The average Bonchev–Trinajstić information content (AvgIpc) is 2.06. The van der Waals surface area contributed by atoms with E-state index in [4.69, 9.17) is 0 Å². The van der Waals surface area contributed by atoms with Crippen LogP contribution in [0.3, 0.4) is 0 Å². The van der Waals surface area contributed by atoms with Gasteiger partial charge in [0.2, 0.25) is 0 Å². The summed E-state index contributed by atoms with van der Waals surface area (Å²) < 4.78 is 0. The summed E-state index contributed by atoms with van der Waals surface area (Å²) in [5.74, 6) is 0. The molecule has 0 bridgehead atoms. The normalized spacial score (nSPS) is 16.3. The zero-order valence-electron chi connectivity index (χ0n) is 7.29. The van der Waals surface area contributed by atoms with Crippen LogP contribution in [0.15, 0.2) is 30.3 Å². The Kier molecular flexibility index (Phi) is 2.26. The van der Waals surface area contributed by atoms with E-state index in [0.29, 0.717) is 0 Å². The van der Waals surface area contributed by atoms with Gasteiger partial charge in [0.15, 0.2) is 0 Å². The van der Waals surface area contributed by atoms with Gasteiger partial charge in [-0.25, -0.2) is 0 Å². The molecule has 12 heavy (non-hydrogen) atoms. The highest BCUT2D eigenvalue weighted by Crippen LogP contribution is 2.17. The molecule has 0 amide bonds. The maximum Gasteiger partial charge on any atom is -0.0228 e. The fraction of sp³-hybridized carbons (Fsp3) is 0.333. The van der Waals surface area contributed by atoms with Gasteiger partial charge in [-0.1, -0.05) is 36.4 Å². The van der Waals surface area contributed by atoms with Crippen LogP contribution in [0.1, 0.15) is 30.4 Å². The van der Waals surface area contributed by atoms with E-state index in [2.05, 4.69) is 36.4 Å². The Hall–Kier alpha value is -1.04. The van der Waals surface area contributed by atoms with Gasteiger partial charge < -0.3 is 0 Å². The number of hydrogen-bond donors (Lipinski definition) is 0. The molecule has 0 saturated carbocycles. The fourth-order valence-corrected chi connectivity index (χ4v) is 1.71. The number of allylic oxidation sites excluding steroid dienone is 1. The Balaban J connectivity index is 2.36. The van der Waals surface area contributed by atoms with Gasteiger partial charge in [-0.15, -0.1) is 0 Å². The number of benzene rings is 1. The number of fused-ring (bicyclic) bond motifs is 1. The molecule has 0 N–H and O–H groups in total. The molecule has 1 aliphatic carbocycles.